The number of pyridine rings is 1. The molecule has 1 N–H and O–H groups in total. The molecule has 2 aromatic heterocycles. The third-order valence-corrected chi connectivity index (χ3v) is 8.46. The number of methoxy groups -OCH3 is 1. The zero-order valence-corrected chi connectivity index (χ0v) is 22.5. The first-order valence-electron chi connectivity index (χ1n) is 12.5. The Morgan fingerprint density at radius 2 is 2.08 bits per heavy atom. The number of thioether (sulfide) groups is 1. The van der Waals surface area contributed by atoms with Crippen LogP contribution in [-0.4, -0.2) is 63.4 Å². The number of hydrogen-bond donors (Lipinski definition) is 1. The maximum absolute atomic E-state index is 15.7. The van der Waals surface area contributed by atoms with Crippen molar-refractivity contribution in [3.63, 3.8) is 0 Å². The third kappa shape index (κ3) is 7.30. The van der Waals surface area contributed by atoms with Gasteiger partial charge in [0, 0.05) is 35.3 Å². The SMILES string of the molecule is COc1ccc2ncc(Cl)c([C@@H](F)CCC3(CC(=O)O)CCN(CCCSc4cnccn4)CC3)c2c1. The number of aromatic nitrogens is 3. The fraction of sp³-hybridized carbons (Fsp3) is 0.481. The van der Waals surface area contributed by atoms with Gasteiger partial charge in [-0.3, -0.25) is 14.8 Å². The van der Waals surface area contributed by atoms with Gasteiger partial charge in [0.1, 0.15) is 16.9 Å². The fourth-order valence-corrected chi connectivity index (χ4v) is 6.12. The average Bonchev–Trinajstić information content (AvgIpc) is 2.90. The largest absolute Gasteiger partial charge is 0.497 e. The van der Waals surface area contributed by atoms with Gasteiger partial charge in [-0.15, -0.1) is 11.8 Å². The van der Waals surface area contributed by atoms with Crippen LogP contribution in [0.25, 0.3) is 10.9 Å². The molecular weight excluding hydrogens is 515 g/mol. The number of likely N-dealkylation sites (tertiary alicyclic amines) is 1. The van der Waals surface area contributed by atoms with Gasteiger partial charge in [-0.2, -0.15) is 0 Å². The molecule has 37 heavy (non-hydrogen) atoms. The molecule has 1 aromatic carbocycles. The van der Waals surface area contributed by atoms with Gasteiger partial charge in [0.2, 0.25) is 0 Å². The lowest BCUT2D eigenvalue weighted by Crippen LogP contribution is -2.41. The van der Waals surface area contributed by atoms with Crippen LogP contribution in [0.5, 0.6) is 5.75 Å². The van der Waals surface area contributed by atoms with Crippen LogP contribution in [0.4, 0.5) is 4.39 Å². The fourth-order valence-electron chi connectivity index (χ4n) is 5.10. The highest BCUT2D eigenvalue weighted by atomic mass is 35.5. The Bertz CT molecular complexity index is 1190. The number of alkyl halides is 1. The summed E-state index contributed by atoms with van der Waals surface area (Å²) in [5.74, 6) is 0.723. The van der Waals surface area contributed by atoms with Crippen molar-refractivity contribution >= 4 is 40.2 Å². The van der Waals surface area contributed by atoms with Gasteiger partial charge in [-0.05, 0) is 75.4 Å². The number of ether oxygens (including phenoxy) is 1. The quantitative estimate of drug-likeness (QED) is 0.212. The van der Waals surface area contributed by atoms with Crippen molar-refractivity contribution in [2.24, 2.45) is 5.41 Å². The van der Waals surface area contributed by atoms with E-state index in [0.29, 0.717) is 28.6 Å². The lowest BCUT2D eigenvalue weighted by atomic mass is 9.71. The van der Waals surface area contributed by atoms with Crippen molar-refractivity contribution in [1.82, 2.24) is 19.9 Å². The van der Waals surface area contributed by atoms with Crippen LogP contribution >= 0.6 is 23.4 Å². The van der Waals surface area contributed by atoms with E-state index in [4.69, 9.17) is 16.3 Å². The predicted octanol–water partition coefficient (Wildman–Crippen LogP) is 6.22. The van der Waals surface area contributed by atoms with Gasteiger partial charge < -0.3 is 14.7 Å². The second kappa shape index (κ2) is 12.8. The minimum absolute atomic E-state index is 0.0503. The Kier molecular flexibility index (Phi) is 9.56. The molecule has 3 aromatic rings. The smallest absolute Gasteiger partial charge is 0.303 e. The number of halogens is 2. The zero-order valence-electron chi connectivity index (χ0n) is 20.9. The van der Waals surface area contributed by atoms with E-state index in [1.54, 1.807) is 55.7 Å². The molecule has 0 aliphatic carbocycles. The van der Waals surface area contributed by atoms with Crippen molar-refractivity contribution in [2.75, 3.05) is 32.5 Å². The zero-order chi connectivity index (χ0) is 26.3. The topological polar surface area (TPSA) is 88.4 Å². The molecule has 4 rings (SSSR count). The van der Waals surface area contributed by atoms with Gasteiger partial charge in [-0.25, -0.2) is 9.37 Å². The Morgan fingerprint density at radius 1 is 1.27 bits per heavy atom. The molecule has 10 heteroatoms. The van der Waals surface area contributed by atoms with Crippen molar-refractivity contribution in [3.8, 4) is 5.75 Å². The summed E-state index contributed by atoms with van der Waals surface area (Å²) in [6.07, 6.45) is 8.51. The van der Waals surface area contributed by atoms with Crippen LogP contribution in [0.1, 0.15) is 50.3 Å². The van der Waals surface area contributed by atoms with Crippen LogP contribution in [0, 0.1) is 5.41 Å². The van der Waals surface area contributed by atoms with E-state index < -0.39 is 17.6 Å². The van der Waals surface area contributed by atoms with Gasteiger partial charge in [0.15, 0.2) is 0 Å². The van der Waals surface area contributed by atoms with E-state index in [-0.39, 0.29) is 17.9 Å². The molecule has 3 heterocycles. The molecule has 0 radical (unpaired) electrons. The molecule has 1 fully saturated rings. The molecule has 1 saturated heterocycles. The van der Waals surface area contributed by atoms with Gasteiger partial charge in [0.05, 0.1) is 30.3 Å². The number of fused-ring (bicyclic) bond motifs is 1. The second-order valence-corrected chi connectivity index (χ2v) is 11.1. The summed E-state index contributed by atoms with van der Waals surface area (Å²) < 4.78 is 21.0. The minimum atomic E-state index is -1.33. The molecule has 1 atom stereocenters. The van der Waals surface area contributed by atoms with E-state index in [2.05, 4.69) is 19.9 Å². The molecule has 0 unspecified atom stereocenters. The van der Waals surface area contributed by atoms with Crippen molar-refractivity contribution in [3.05, 3.63) is 53.6 Å². The highest BCUT2D eigenvalue weighted by molar-refractivity contribution is 7.99. The first kappa shape index (κ1) is 27.5. The molecule has 0 saturated carbocycles. The summed E-state index contributed by atoms with van der Waals surface area (Å²) in [5.41, 5.74) is 0.622. The van der Waals surface area contributed by atoms with Gasteiger partial charge in [-0.1, -0.05) is 11.6 Å². The van der Waals surface area contributed by atoms with E-state index >= 15 is 4.39 Å². The molecule has 198 valence electrons. The van der Waals surface area contributed by atoms with E-state index in [9.17, 15) is 9.90 Å². The molecule has 0 amide bonds. The highest BCUT2D eigenvalue weighted by Gasteiger charge is 2.37. The summed E-state index contributed by atoms with van der Waals surface area (Å²) in [5, 5.41) is 11.5. The molecular formula is C27H32ClFN4O3S. The van der Waals surface area contributed by atoms with Crippen molar-refractivity contribution in [2.45, 2.75) is 49.7 Å². The summed E-state index contributed by atoms with van der Waals surface area (Å²) >= 11 is 8.09. The maximum atomic E-state index is 15.7. The standard InChI is InChI=1S/C27H32ClFN4O3S/c1-36-19-3-4-23-20(15-19)26(21(28)17-32-23)22(29)5-6-27(16-25(34)35)7-12-33(13-8-27)11-2-14-37-24-18-30-9-10-31-24/h3-4,9-10,15,17-18,22H,2,5-8,11-14,16H2,1H3,(H,34,35)/t22-/m0/s1. The Hall–Kier alpha value is -2.49. The molecule has 0 bridgehead atoms. The van der Waals surface area contributed by atoms with E-state index in [0.717, 1.165) is 49.7 Å². The van der Waals surface area contributed by atoms with Crippen LogP contribution in [0.15, 0.2) is 48.0 Å². The first-order valence-corrected chi connectivity index (χ1v) is 13.8. The molecule has 1 aliphatic rings. The maximum Gasteiger partial charge on any atom is 0.303 e. The van der Waals surface area contributed by atoms with Crippen LogP contribution in [-0.2, 0) is 4.79 Å². The lowest BCUT2D eigenvalue weighted by Gasteiger charge is -2.41. The molecule has 0 spiro atoms. The number of piperidine rings is 1. The first-order chi connectivity index (χ1) is 17.9. The third-order valence-electron chi connectivity index (χ3n) is 7.16. The predicted molar refractivity (Wildman–Crippen MR) is 144 cm³/mol. The molecule has 7 nitrogen and oxygen atoms in total. The van der Waals surface area contributed by atoms with E-state index in [1.165, 1.54) is 6.20 Å². The number of carbonyl (C=O) groups is 1. The summed E-state index contributed by atoms with van der Waals surface area (Å²) in [4.78, 5) is 26.8. The van der Waals surface area contributed by atoms with Gasteiger partial charge in [0.25, 0.3) is 0 Å². The summed E-state index contributed by atoms with van der Waals surface area (Å²) in [6.45, 7) is 2.58. The van der Waals surface area contributed by atoms with Crippen molar-refractivity contribution < 1.29 is 19.0 Å². The minimum Gasteiger partial charge on any atom is -0.497 e. The number of benzene rings is 1. The number of carboxylic acid groups (broad SMARTS) is 1. The Balaban J connectivity index is 1.35. The van der Waals surface area contributed by atoms with Crippen molar-refractivity contribution in [1.29, 1.82) is 0 Å². The number of nitrogens with zero attached hydrogens (tertiary/aromatic N) is 4. The van der Waals surface area contributed by atoms with E-state index in [1.807, 2.05) is 0 Å². The number of rotatable bonds is 12. The van der Waals surface area contributed by atoms with Gasteiger partial charge >= 0.3 is 5.97 Å². The Labute approximate surface area is 225 Å². The number of hydrogen-bond acceptors (Lipinski definition) is 7. The Morgan fingerprint density at radius 3 is 2.78 bits per heavy atom. The highest BCUT2D eigenvalue weighted by Crippen LogP contribution is 2.44. The van der Waals surface area contributed by atoms with Crippen LogP contribution in [0.2, 0.25) is 5.02 Å². The van der Waals surface area contributed by atoms with Crippen LogP contribution in [0.3, 0.4) is 0 Å². The number of aliphatic carboxylic acids is 1. The molecule has 1 aliphatic heterocycles. The average molecular weight is 547 g/mol. The monoisotopic (exact) mass is 546 g/mol. The lowest BCUT2D eigenvalue weighted by molar-refractivity contribution is -0.141. The second-order valence-electron chi connectivity index (χ2n) is 9.57. The normalized spacial score (nSPS) is 16.5. The van der Waals surface area contributed by atoms with Crippen LogP contribution < -0.4 is 4.74 Å². The number of carboxylic acids is 1. The summed E-state index contributed by atoms with van der Waals surface area (Å²) in [6, 6.07) is 5.32. The summed E-state index contributed by atoms with van der Waals surface area (Å²) in [7, 11) is 1.56.